The van der Waals surface area contributed by atoms with Crippen LogP contribution in [-0.2, 0) is 12.8 Å². The van der Waals surface area contributed by atoms with Crippen LogP contribution >= 0.6 is 11.3 Å². The molecule has 0 bridgehead atoms. The van der Waals surface area contributed by atoms with Gasteiger partial charge in [0.05, 0.1) is 11.4 Å². The van der Waals surface area contributed by atoms with Crippen molar-refractivity contribution >= 4 is 22.5 Å². The summed E-state index contributed by atoms with van der Waals surface area (Å²) in [5.41, 5.74) is 7.97. The Kier molecular flexibility index (Phi) is 4.08. The summed E-state index contributed by atoms with van der Waals surface area (Å²) in [5.74, 6) is 0. The second-order valence-corrected chi connectivity index (χ2v) is 5.99. The van der Waals surface area contributed by atoms with Crippen molar-refractivity contribution in [2.45, 2.75) is 12.8 Å². The molecule has 0 unspecified atom stereocenters. The number of nitrogen functional groups attached to an aromatic ring is 1. The molecule has 0 saturated heterocycles. The number of nitrogens with two attached hydrogens (primary N) is 1. The van der Waals surface area contributed by atoms with Crippen molar-refractivity contribution in [1.82, 2.24) is 14.9 Å². The molecule has 0 aliphatic carbocycles. The average Bonchev–Trinajstić information content (AvgIpc) is 2.72. The van der Waals surface area contributed by atoms with E-state index in [1.165, 1.54) is 10.6 Å². The molecule has 2 N–H and O–H groups in total. The first-order chi connectivity index (χ1) is 9.81. The van der Waals surface area contributed by atoms with E-state index in [1.54, 1.807) is 11.3 Å². The third-order valence-corrected chi connectivity index (χ3v) is 4.44. The minimum atomic E-state index is 0.707. The van der Waals surface area contributed by atoms with Gasteiger partial charge < -0.3 is 5.73 Å². The fraction of sp³-hybridized carbons (Fsp3) is 0.333. The molecule has 5 heteroatoms. The molecule has 2 aromatic rings. The largest absolute Gasteiger partial charge is 0.375 e. The van der Waals surface area contributed by atoms with Crippen molar-refractivity contribution in [3.63, 3.8) is 0 Å². The molecule has 2 aromatic heterocycles. The Bertz CT molecular complexity index is 566. The van der Waals surface area contributed by atoms with Gasteiger partial charge >= 0.3 is 0 Å². The van der Waals surface area contributed by atoms with E-state index in [1.807, 2.05) is 24.4 Å². The van der Waals surface area contributed by atoms with Gasteiger partial charge in [0.1, 0.15) is 0 Å². The zero-order valence-corrected chi connectivity index (χ0v) is 12.1. The minimum absolute atomic E-state index is 0.707. The Morgan fingerprint density at radius 1 is 1.30 bits per heavy atom. The highest BCUT2D eigenvalue weighted by molar-refractivity contribution is 7.15. The first-order valence-electron chi connectivity index (χ1n) is 6.85. The minimum Gasteiger partial charge on any atom is -0.375 e. The van der Waals surface area contributed by atoms with E-state index in [0.717, 1.165) is 38.2 Å². The molecule has 0 fully saturated rings. The van der Waals surface area contributed by atoms with Crippen LogP contribution in [0.5, 0.6) is 0 Å². The number of thiazole rings is 1. The van der Waals surface area contributed by atoms with Crippen LogP contribution in [0.1, 0.15) is 16.3 Å². The average molecular weight is 286 g/mol. The molecule has 3 heterocycles. The summed E-state index contributed by atoms with van der Waals surface area (Å²) in [6.45, 7) is 3.07. The quantitative estimate of drug-likeness (QED) is 0.940. The normalized spacial score (nSPS) is 16.2. The molecule has 0 amide bonds. The van der Waals surface area contributed by atoms with Crippen LogP contribution in [-0.4, -0.2) is 34.5 Å². The molecular formula is C15H18N4S. The molecule has 0 aromatic carbocycles. The van der Waals surface area contributed by atoms with Crippen molar-refractivity contribution < 1.29 is 0 Å². The number of hydrogen-bond donors (Lipinski definition) is 1. The molecule has 20 heavy (non-hydrogen) atoms. The van der Waals surface area contributed by atoms with Gasteiger partial charge in [0, 0.05) is 37.1 Å². The van der Waals surface area contributed by atoms with E-state index < -0.39 is 0 Å². The second kappa shape index (κ2) is 6.15. The van der Waals surface area contributed by atoms with E-state index in [2.05, 4.69) is 27.0 Å². The molecule has 1 aliphatic rings. The number of hydrogen-bond acceptors (Lipinski definition) is 5. The molecule has 4 nitrogen and oxygen atoms in total. The van der Waals surface area contributed by atoms with Gasteiger partial charge in [0.2, 0.25) is 0 Å². The van der Waals surface area contributed by atoms with Gasteiger partial charge in [-0.25, -0.2) is 4.98 Å². The van der Waals surface area contributed by atoms with Crippen molar-refractivity contribution in [2.24, 2.45) is 0 Å². The molecule has 0 radical (unpaired) electrons. The molecular weight excluding hydrogens is 268 g/mol. The van der Waals surface area contributed by atoms with Crippen molar-refractivity contribution in [2.75, 3.05) is 25.4 Å². The van der Waals surface area contributed by atoms with E-state index >= 15 is 0 Å². The maximum atomic E-state index is 5.76. The Morgan fingerprint density at radius 2 is 2.20 bits per heavy atom. The fourth-order valence-corrected chi connectivity index (χ4v) is 3.28. The van der Waals surface area contributed by atoms with Crippen molar-refractivity contribution in [3.8, 4) is 0 Å². The molecule has 0 saturated carbocycles. The summed E-state index contributed by atoms with van der Waals surface area (Å²) in [5, 5.41) is 0.707. The zero-order valence-electron chi connectivity index (χ0n) is 11.3. The maximum absolute atomic E-state index is 5.76. The smallest absolute Gasteiger partial charge is 0.180 e. The molecule has 104 valence electrons. The van der Waals surface area contributed by atoms with Gasteiger partial charge in [-0.3, -0.25) is 9.88 Å². The first-order valence-corrected chi connectivity index (χ1v) is 7.67. The van der Waals surface area contributed by atoms with Crippen LogP contribution < -0.4 is 5.73 Å². The van der Waals surface area contributed by atoms with E-state index in [-0.39, 0.29) is 0 Å². The highest BCUT2D eigenvalue weighted by Gasteiger charge is 2.16. The number of nitrogens with zero attached hydrogens (tertiary/aromatic N) is 3. The van der Waals surface area contributed by atoms with Gasteiger partial charge in [-0.2, -0.15) is 0 Å². The number of rotatable bonds is 3. The standard InChI is InChI=1S/C15H18N4S/c16-15-18-13-6-10-19(11-7-14(13)20-15)9-3-5-12-4-1-2-8-17-12/h1-5,8H,6-7,9-11H2,(H2,16,18)/b5-3-. The highest BCUT2D eigenvalue weighted by Crippen LogP contribution is 2.24. The molecule has 0 atom stereocenters. The Balaban J connectivity index is 1.55. The number of aromatic nitrogens is 2. The van der Waals surface area contributed by atoms with Crippen LogP contribution in [0.25, 0.3) is 6.08 Å². The van der Waals surface area contributed by atoms with E-state index in [0.29, 0.717) is 5.13 Å². The first kappa shape index (κ1) is 13.3. The second-order valence-electron chi connectivity index (χ2n) is 4.88. The monoisotopic (exact) mass is 286 g/mol. The number of anilines is 1. The summed E-state index contributed by atoms with van der Waals surface area (Å²) in [6.07, 6.45) is 8.14. The number of pyridine rings is 1. The molecule has 3 rings (SSSR count). The Hall–Kier alpha value is -1.72. The van der Waals surface area contributed by atoms with Crippen LogP contribution in [0.15, 0.2) is 30.5 Å². The fourth-order valence-electron chi connectivity index (χ4n) is 2.41. The molecule has 1 aliphatic heterocycles. The van der Waals surface area contributed by atoms with Crippen LogP contribution in [0.2, 0.25) is 0 Å². The Morgan fingerprint density at radius 3 is 3.05 bits per heavy atom. The van der Waals surface area contributed by atoms with Gasteiger partial charge in [0.25, 0.3) is 0 Å². The lowest BCUT2D eigenvalue weighted by Crippen LogP contribution is -2.26. The molecule has 0 spiro atoms. The predicted molar refractivity (Wildman–Crippen MR) is 83.6 cm³/mol. The summed E-state index contributed by atoms with van der Waals surface area (Å²) >= 11 is 1.64. The van der Waals surface area contributed by atoms with Gasteiger partial charge in [-0.1, -0.05) is 12.1 Å². The number of fused-ring (bicyclic) bond motifs is 1. The van der Waals surface area contributed by atoms with Gasteiger partial charge in [-0.15, -0.1) is 11.3 Å². The summed E-state index contributed by atoms with van der Waals surface area (Å²) in [6, 6.07) is 5.96. The van der Waals surface area contributed by atoms with E-state index in [4.69, 9.17) is 5.73 Å². The summed E-state index contributed by atoms with van der Waals surface area (Å²) in [7, 11) is 0. The van der Waals surface area contributed by atoms with Gasteiger partial charge in [-0.05, 0) is 24.6 Å². The van der Waals surface area contributed by atoms with E-state index in [9.17, 15) is 0 Å². The van der Waals surface area contributed by atoms with Crippen LogP contribution in [0.3, 0.4) is 0 Å². The maximum Gasteiger partial charge on any atom is 0.180 e. The van der Waals surface area contributed by atoms with Crippen molar-refractivity contribution in [3.05, 3.63) is 46.7 Å². The predicted octanol–water partition coefficient (Wildman–Crippen LogP) is 2.23. The lowest BCUT2D eigenvalue weighted by atomic mass is 10.2. The third kappa shape index (κ3) is 3.23. The lowest BCUT2D eigenvalue weighted by molar-refractivity contribution is 0.318. The third-order valence-electron chi connectivity index (χ3n) is 3.45. The lowest BCUT2D eigenvalue weighted by Gasteiger charge is -2.17. The SMILES string of the molecule is Nc1nc2c(s1)CCN(C/C=C\c1ccccn1)CC2. The Labute approximate surface area is 123 Å². The summed E-state index contributed by atoms with van der Waals surface area (Å²) in [4.78, 5) is 12.5. The topological polar surface area (TPSA) is 55.0 Å². The van der Waals surface area contributed by atoms with Crippen LogP contribution in [0.4, 0.5) is 5.13 Å². The zero-order chi connectivity index (χ0) is 13.8. The van der Waals surface area contributed by atoms with Crippen LogP contribution in [0, 0.1) is 0 Å². The van der Waals surface area contributed by atoms with Crippen molar-refractivity contribution in [1.29, 1.82) is 0 Å². The summed E-state index contributed by atoms with van der Waals surface area (Å²) < 4.78 is 0. The van der Waals surface area contributed by atoms with Gasteiger partial charge in [0.15, 0.2) is 5.13 Å². The highest BCUT2D eigenvalue weighted by atomic mass is 32.1.